The second-order valence-electron chi connectivity index (χ2n) is 5.38. The van der Waals surface area contributed by atoms with Gasteiger partial charge in [-0.2, -0.15) is 0 Å². The summed E-state index contributed by atoms with van der Waals surface area (Å²) >= 11 is 0. The van der Waals surface area contributed by atoms with E-state index in [1.807, 2.05) is 26.0 Å². The van der Waals surface area contributed by atoms with Crippen molar-refractivity contribution in [3.05, 3.63) is 41.7 Å². The minimum atomic E-state index is 0.301. The van der Waals surface area contributed by atoms with E-state index in [-0.39, 0.29) is 0 Å². The number of fused-ring (bicyclic) bond motifs is 3. The van der Waals surface area contributed by atoms with Crippen LogP contribution < -0.4 is 0 Å². The van der Waals surface area contributed by atoms with Crippen LogP contribution in [-0.4, -0.2) is 0 Å². The minimum Gasteiger partial charge on any atom is -0.460 e. The quantitative estimate of drug-likeness (QED) is 0.599. The minimum absolute atomic E-state index is 0.301. The smallest absolute Gasteiger partial charge is 0.134 e. The Morgan fingerprint density at radius 3 is 2.61 bits per heavy atom. The van der Waals surface area contributed by atoms with Crippen LogP contribution in [0.3, 0.4) is 0 Å². The Morgan fingerprint density at radius 1 is 1.11 bits per heavy atom. The van der Waals surface area contributed by atoms with Gasteiger partial charge in [-0.15, -0.1) is 0 Å². The first-order chi connectivity index (χ1) is 8.66. The Balaban J connectivity index is 0.000000574. The first-order valence-corrected chi connectivity index (χ1v) is 6.83. The molecule has 0 bridgehead atoms. The van der Waals surface area contributed by atoms with Crippen molar-refractivity contribution in [2.24, 2.45) is 5.41 Å². The fourth-order valence-electron chi connectivity index (χ4n) is 2.43. The standard InChI is InChI=1S/C15H16O.C2H6/c1-15(2)9-5-7-12-11-6-3-4-8-13(11)16-14(12)10-15;1-2/h3-8H,9-10H2,1-2H3;1-2H3. The van der Waals surface area contributed by atoms with Gasteiger partial charge in [-0.25, -0.2) is 0 Å². The van der Waals surface area contributed by atoms with Gasteiger partial charge in [0.2, 0.25) is 0 Å². The van der Waals surface area contributed by atoms with Crippen molar-refractivity contribution >= 4 is 17.0 Å². The summed E-state index contributed by atoms with van der Waals surface area (Å²) in [4.78, 5) is 0. The Labute approximate surface area is 110 Å². The molecule has 0 unspecified atom stereocenters. The van der Waals surface area contributed by atoms with Crippen molar-refractivity contribution in [1.82, 2.24) is 0 Å². The zero-order valence-corrected chi connectivity index (χ0v) is 11.8. The van der Waals surface area contributed by atoms with Gasteiger partial charge < -0.3 is 4.42 Å². The molecule has 3 rings (SSSR count). The highest BCUT2D eigenvalue weighted by Crippen LogP contribution is 2.36. The summed E-state index contributed by atoms with van der Waals surface area (Å²) in [6, 6.07) is 8.28. The predicted octanol–water partition coefficient (Wildman–Crippen LogP) is 5.44. The molecule has 0 N–H and O–H groups in total. The molecule has 0 saturated carbocycles. The zero-order valence-electron chi connectivity index (χ0n) is 11.8. The number of furan rings is 1. The fraction of sp³-hybridized carbons (Fsp3) is 0.412. The number of hydrogen-bond acceptors (Lipinski definition) is 1. The number of hydrogen-bond donors (Lipinski definition) is 0. The van der Waals surface area contributed by atoms with E-state index in [1.54, 1.807) is 0 Å². The third-order valence-electron chi connectivity index (χ3n) is 3.30. The van der Waals surface area contributed by atoms with Crippen molar-refractivity contribution in [2.75, 3.05) is 0 Å². The SMILES string of the molecule is CC.CC1(C)CC=Cc2c(oc3ccccc23)C1. The molecule has 0 saturated heterocycles. The van der Waals surface area contributed by atoms with E-state index in [2.05, 4.69) is 38.1 Å². The lowest BCUT2D eigenvalue weighted by molar-refractivity contribution is 0.340. The molecule has 0 spiro atoms. The highest BCUT2D eigenvalue weighted by atomic mass is 16.3. The third-order valence-corrected chi connectivity index (χ3v) is 3.30. The molecule has 96 valence electrons. The van der Waals surface area contributed by atoms with Gasteiger partial charge in [0.15, 0.2) is 0 Å². The molecule has 1 heterocycles. The van der Waals surface area contributed by atoms with E-state index in [9.17, 15) is 0 Å². The molecule has 1 aromatic carbocycles. The van der Waals surface area contributed by atoms with E-state index in [1.165, 1.54) is 10.9 Å². The van der Waals surface area contributed by atoms with Gasteiger partial charge in [0.1, 0.15) is 11.3 Å². The summed E-state index contributed by atoms with van der Waals surface area (Å²) in [5.41, 5.74) is 2.59. The van der Waals surface area contributed by atoms with E-state index in [0.29, 0.717) is 5.41 Å². The van der Waals surface area contributed by atoms with Gasteiger partial charge in [-0.3, -0.25) is 0 Å². The maximum absolute atomic E-state index is 5.95. The van der Waals surface area contributed by atoms with Crippen molar-refractivity contribution in [3.63, 3.8) is 0 Å². The average Bonchev–Trinajstić information content (AvgIpc) is 2.61. The largest absolute Gasteiger partial charge is 0.460 e. The highest BCUT2D eigenvalue weighted by molar-refractivity contribution is 5.88. The normalized spacial score (nSPS) is 16.7. The van der Waals surface area contributed by atoms with Crippen LogP contribution in [0.2, 0.25) is 0 Å². The Kier molecular flexibility index (Phi) is 3.60. The number of benzene rings is 1. The second kappa shape index (κ2) is 5.01. The summed E-state index contributed by atoms with van der Waals surface area (Å²) in [6.45, 7) is 8.58. The van der Waals surface area contributed by atoms with Crippen LogP contribution in [0.25, 0.3) is 17.0 Å². The Hall–Kier alpha value is -1.50. The average molecular weight is 242 g/mol. The van der Waals surface area contributed by atoms with Crippen LogP contribution in [-0.2, 0) is 6.42 Å². The fourth-order valence-corrected chi connectivity index (χ4v) is 2.43. The van der Waals surface area contributed by atoms with Crippen LogP contribution in [0.1, 0.15) is 45.4 Å². The molecule has 0 atom stereocenters. The number of rotatable bonds is 0. The van der Waals surface area contributed by atoms with Crippen LogP contribution in [0.15, 0.2) is 34.8 Å². The maximum Gasteiger partial charge on any atom is 0.134 e. The van der Waals surface area contributed by atoms with Crippen molar-refractivity contribution < 1.29 is 4.42 Å². The summed E-state index contributed by atoms with van der Waals surface area (Å²) in [5.74, 6) is 1.14. The Bertz CT molecular complexity index is 558. The molecule has 18 heavy (non-hydrogen) atoms. The molecule has 1 nitrogen and oxygen atoms in total. The van der Waals surface area contributed by atoms with E-state index >= 15 is 0 Å². The monoisotopic (exact) mass is 242 g/mol. The summed E-state index contributed by atoms with van der Waals surface area (Å²) < 4.78 is 5.95. The predicted molar refractivity (Wildman–Crippen MR) is 78.7 cm³/mol. The molecule has 1 aliphatic rings. The van der Waals surface area contributed by atoms with Gasteiger partial charge in [-0.1, -0.05) is 58.0 Å². The lowest BCUT2D eigenvalue weighted by Crippen LogP contribution is -2.12. The van der Waals surface area contributed by atoms with Crippen LogP contribution in [0.5, 0.6) is 0 Å². The van der Waals surface area contributed by atoms with Crippen LogP contribution in [0.4, 0.5) is 0 Å². The molecule has 0 amide bonds. The van der Waals surface area contributed by atoms with Gasteiger partial charge in [0.25, 0.3) is 0 Å². The van der Waals surface area contributed by atoms with E-state index in [4.69, 9.17) is 4.42 Å². The highest BCUT2D eigenvalue weighted by Gasteiger charge is 2.24. The molecular formula is C17H22O. The molecular weight excluding hydrogens is 220 g/mol. The summed E-state index contributed by atoms with van der Waals surface area (Å²) in [6.07, 6.45) is 6.62. The molecule has 1 aliphatic carbocycles. The lowest BCUT2D eigenvalue weighted by Gasteiger charge is -2.19. The van der Waals surface area contributed by atoms with Gasteiger partial charge in [0.05, 0.1) is 0 Å². The van der Waals surface area contributed by atoms with Gasteiger partial charge in [-0.05, 0) is 17.9 Å². The summed E-state index contributed by atoms with van der Waals surface area (Å²) in [5, 5.41) is 1.24. The van der Waals surface area contributed by atoms with Crippen LogP contribution in [0, 0.1) is 5.41 Å². The maximum atomic E-state index is 5.95. The lowest BCUT2D eigenvalue weighted by atomic mass is 9.85. The Morgan fingerprint density at radius 2 is 1.83 bits per heavy atom. The second-order valence-corrected chi connectivity index (χ2v) is 5.38. The van der Waals surface area contributed by atoms with Crippen molar-refractivity contribution in [2.45, 2.75) is 40.5 Å². The van der Waals surface area contributed by atoms with Gasteiger partial charge >= 0.3 is 0 Å². The number of allylic oxidation sites excluding steroid dienone is 1. The third kappa shape index (κ3) is 2.35. The first-order valence-electron chi connectivity index (χ1n) is 6.83. The number of para-hydroxylation sites is 1. The van der Waals surface area contributed by atoms with Crippen LogP contribution >= 0.6 is 0 Å². The molecule has 0 aliphatic heterocycles. The first kappa shape index (κ1) is 12.9. The van der Waals surface area contributed by atoms with E-state index in [0.717, 1.165) is 24.2 Å². The molecule has 2 aromatic rings. The molecule has 0 fully saturated rings. The topological polar surface area (TPSA) is 13.1 Å². The zero-order chi connectivity index (χ0) is 13.2. The molecule has 1 heteroatoms. The van der Waals surface area contributed by atoms with Crippen molar-refractivity contribution in [1.29, 1.82) is 0 Å². The van der Waals surface area contributed by atoms with E-state index < -0.39 is 0 Å². The summed E-state index contributed by atoms with van der Waals surface area (Å²) in [7, 11) is 0. The van der Waals surface area contributed by atoms with Crippen molar-refractivity contribution in [3.8, 4) is 0 Å². The molecule has 1 aromatic heterocycles. The van der Waals surface area contributed by atoms with Gasteiger partial charge in [0, 0.05) is 17.4 Å². The molecule has 0 radical (unpaired) electrons.